The Balaban J connectivity index is 1.54. The molecule has 0 aromatic rings. The Hall–Kier alpha value is -0.650. The molecule has 3 unspecified atom stereocenters. The van der Waals surface area contributed by atoms with Crippen molar-refractivity contribution in [3.63, 3.8) is 0 Å². The Morgan fingerprint density at radius 1 is 1.29 bits per heavy atom. The van der Waals surface area contributed by atoms with Crippen molar-refractivity contribution < 1.29 is 14.6 Å². The van der Waals surface area contributed by atoms with Crippen LogP contribution in [0.4, 0.5) is 0 Å². The summed E-state index contributed by atoms with van der Waals surface area (Å²) in [7, 11) is 0. The van der Waals surface area contributed by atoms with Crippen LogP contribution in [0.3, 0.4) is 0 Å². The van der Waals surface area contributed by atoms with E-state index >= 15 is 0 Å². The van der Waals surface area contributed by atoms with Gasteiger partial charge in [0.25, 0.3) is 0 Å². The van der Waals surface area contributed by atoms with Crippen LogP contribution in [-0.4, -0.2) is 71.8 Å². The average Bonchev–Trinajstić information content (AvgIpc) is 2.70. The number of carboxylic acid groups (broad SMARTS) is 1. The number of rotatable bonds is 5. The van der Waals surface area contributed by atoms with Gasteiger partial charge in [-0.2, -0.15) is 0 Å². The third-order valence-electron chi connectivity index (χ3n) is 5.53. The lowest BCUT2D eigenvalue weighted by molar-refractivity contribution is -0.138. The number of nitrogens with zero attached hydrogens (tertiary/aromatic N) is 2. The van der Waals surface area contributed by atoms with E-state index < -0.39 is 5.97 Å². The van der Waals surface area contributed by atoms with Crippen LogP contribution in [0.25, 0.3) is 0 Å². The van der Waals surface area contributed by atoms with Gasteiger partial charge in [-0.15, -0.1) is 0 Å². The van der Waals surface area contributed by atoms with E-state index in [1.165, 1.54) is 12.8 Å². The van der Waals surface area contributed by atoms with E-state index in [2.05, 4.69) is 16.7 Å². The fraction of sp³-hybridized carbons (Fsp3) is 0.938. The highest BCUT2D eigenvalue weighted by molar-refractivity contribution is 5.67. The maximum absolute atomic E-state index is 10.9. The Labute approximate surface area is 127 Å². The van der Waals surface area contributed by atoms with Crippen LogP contribution in [0.1, 0.15) is 39.0 Å². The molecular weight excluding hydrogens is 268 g/mol. The molecule has 3 heterocycles. The van der Waals surface area contributed by atoms with Gasteiger partial charge in [0.1, 0.15) is 0 Å². The van der Waals surface area contributed by atoms with Gasteiger partial charge in [0.05, 0.1) is 12.7 Å². The van der Waals surface area contributed by atoms with Crippen molar-refractivity contribution in [3.05, 3.63) is 0 Å². The van der Waals surface area contributed by atoms with Crippen LogP contribution in [0.15, 0.2) is 0 Å². The third kappa shape index (κ3) is 3.58. The highest BCUT2D eigenvalue weighted by Gasteiger charge is 2.42. The van der Waals surface area contributed by atoms with Crippen molar-refractivity contribution in [3.8, 4) is 0 Å². The van der Waals surface area contributed by atoms with Crippen molar-refractivity contribution >= 4 is 5.97 Å². The number of carboxylic acids is 1. The smallest absolute Gasteiger partial charge is 0.303 e. The van der Waals surface area contributed by atoms with E-state index in [0.29, 0.717) is 30.5 Å². The van der Waals surface area contributed by atoms with Gasteiger partial charge in [-0.1, -0.05) is 6.92 Å². The summed E-state index contributed by atoms with van der Waals surface area (Å²) in [5.41, 5.74) is 0. The van der Waals surface area contributed by atoms with Crippen LogP contribution in [-0.2, 0) is 9.53 Å². The molecule has 3 saturated heterocycles. The fourth-order valence-electron chi connectivity index (χ4n) is 4.51. The first kappa shape index (κ1) is 15.3. The lowest BCUT2D eigenvalue weighted by atomic mass is 9.88. The van der Waals surface area contributed by atoms with Gasteiger partial charge in [0, 0.05) is 38.1 Å². The zero-order valence-electron chi connectivity index (χ0n) is 13.0. The first-order valence-electron chi connectivity index (χ1n) is 8.47. The van der Waals surface area contributed by atoms with E-state index in [1.54, 1.807) is 0 Å². The van der Waals surface area contributed by atoms with Gasteiger partial charge in [0.2, 0.25) is 0 Å². The summed E-state index contributed by atoms with van der Waals surface area (Å²) in [5.74, 6) is -0.252. The van der Waals surface area contributed by atoms with Crippen LogP contribution in [0.5, 0.6) is 0 Å². The Morgan fingerprint density at radius 3 is 2.62 bits per heavy atom. The van der Waals surface area contributed by atoms with Crippen LogP contribution in [0.2, 0.25) is 0 Å². The maximum Gasteiger partial charge on any atom is 0.303 e. The SMILES string of the molecule is CCN1CCOC(CN2C3CCC2CC(CC(=O)O)C3)C1. The molecule has 0 aromatic carbocycles. The van der Waals surface area contributed by atoms with Gasteiger partial charge in [0.15, 0.2) is 0 Å². The molecule has 0 amide bonds. The summed E-state index contributed by atoms with van der Waals surface area (Å²) >= 11 is 0. The van der Waals surface area contributed by atoms with Crippen LogP contribution < -0.4 is 0 Å². The third-order valence-corrected chi connectivity index (χ3v) is 5.53. The van der Waals surface area contributed by atoms with Gasteiger partial charge in [-0.3, -0.25) is 14.6 Å². The van der Waals surface area contributed by atoms with Gasteiger partial charge >= 0.3 is 5.97 Å². The molecule has 0 aromatic heterocycles. The minimum Gasteiger partial charge on any atom is -0.481 e. The summed E-state index contributed by atoms with van der Waals surface area (Å²) in [6.45, 7) is 7.30. The molecule has 3 fully saturated rings. The van der Waals surface area contributed by atoms with Crippen LogP contribution in [0, 0.1) is 5.92 Å². The van der Waals surface area contributed by atoms with Crippen LogP contribution >= 0.6 is 0 Å². The molecule has 0 saturated carbocycles. The molecule has 2 bridgehead atoms. The fourth-order valence-corrected chi connectivity index (χ4v) is 4.51. The number of piperidine rings is 1. The monoisotopic (exact) mass is 296 g/mol. The average molecular weight is 296 g/mol. The number of fused-ring (bicyclic) bond motifs is 2. The number of carbonyl (C=O) groups is 1. The number of aliphatic carboxylic acids is 1. The summed E-state index contributed by atoms with van der Waals surface area (Å²) in [5, 5.41) is 9.00. The Kier molecular flexibility index (Phi) is 4.82. The maximum atomic E-state index is 10.9. The molecule has 5 nitrogen and oxygen atoms in total. The highest BCUT2D eigenvalue weighted by Crippen LogP contribution is 2.40. The number of ether oxygens (including phenoxy) is 1. The standard InChI is InChI=1S/C16H28N2O3/c1-2-17-5-6-21-15(10-17)11-18-13-3-4-14(18)8-12(7-13)9-16(19)20/h12-15H,2-11H2,1H3,(H,19,20). The van der Waals surface area contributed by atoms with E-state index in [1.807, 2.05) is 0 Å². The predicted molar refractivity (Wildman–Crippen MR) is 80.3 cm³/mol. The molecule has 5 heteroatoms. The Morgan fingerprint density at radius 2 is 2.00 bits per heavy atom. The molecule has 3 aliphatic rings. The molecule has 120 valence electrons. The number of morpholine rings is 1. The zero-order valence-corrected chi connectivity index (χ0v) is 13.0. The zero-order chi connectivity index (χ0) is 14.8. The lowest BCUT2D eigenvalue weighted by Gasteiger charge is -2.42. The van der Waals surface area contributed by atoms with Crippen molar-refractivity contribution in [1.29, 1.82) is 0 Å². The number of hydrogen-bond acceptors (Lipinski definition) is 4. The highest BCUT2D eigenvalue weighted by atomic mass is 16.5. The van der Waals surface area contributed by atoms with Crippen molar-refractivity contribution in [2.45, 2.75) is 57.2 Å². The molecule has 3 rings (SSSR count). The molecule has 0 spiro atoms. The lowest BCUT2D eigenvalue weighted by Crippen LogP contribution is -2.52. The summed E-state index contributed by atoms with van der Waals surface area (Å²) in [6.07, 6.45) is 5.29. The summed E-state index contributed by atoms with van der Waals surface area (Å²) < 4.78 is 5.95. The topological polar surface area (TPSA) is 53.0 Å². The molecule has 21 heavy (non-hydrogen) atoms. The minimum absolute atomic E-state index is 0.331. The molecular formula is C16H28N2O3. The van der Waals surface area contributed by atoms with Gasteiger partial charge in [-0.25, -0.2) is 0 Å². The molecule has 3 atom stereocenters. The second kappa shape index (κ2) is 6.63. The largest absolute Gasteiger partial charge is 0.481 e. The molecule has 1 N–H and O–H groups in total. The van der Waals surface area contributed by atoms with E-state index in [9.17, 15) is 4.79 Å². The normalized spacial score (nSPS) is 37.8. The second-order valence-corrected chi connectivity index (χ2v) is 6.90. The Bertz CT molecular complexity index is 363. The van der Waals surface area contributed by atoms with Crippen molar-refractivity contribution in [1.82, 2.24) is 9.80 Å². The summed E-state index contributed by atoms with van der Waals surface area (Å²) in [4.78, 5) is 16.0. The second-order valence-electron chi connectivity index (χ2n) is 6.90. The van der Waals surface area contributed by atoms with Gasteiger partial charge < -0.3 is 9.84 Å². The number of hydrogen-bond donors (Lipinski definition) is 1. The van der Waals surface area contributed by atoms with Gasteiger partial charge in [-0.05, 0) is 38.1 Å². The predicted octanol–water partition coefficient (Wildman–Crippen LogP) is 1.42. The van der Waals surface area contributed by atoms with Crippen molar-refractivity contribution in [2.24, 2.45) is 5.92 Å². The van der Waals surface area contributed by atoms with Crippen molar-refractivity contribution in [2.75, 3.05) is 32.8 Å². The minimum atomic E-state index is -0.637. The van der Waals surface area contributed by atoms with E-state index in [0.717, 1.165) is 45.6 Å². The molecule has 0 radical (unpaired) electrons. The number of likely N-dealkylation sites (N-methyl/N-ethyl adjacent to an activating group) is 1. The van der Waals surface area contributed by atoms with E-state index in [-0.39, 0.29) is 0 Å². The molecule has 0 aliphatic carbocycles. The quantitative estimate of drug-likeness (QED) is 0.831. The molecule has 3 aliphatic heterocycles. The summed E-state index contributed by atoms with van der Waals surface area (Å²) in [6, 6.07) is 1.18. The first-order chi connectivity index (χ1) is 10.2. The first-order valence-corrected chi connectivity index (χ1v) is 8.47. The van der Waals surface area contributed by atoms with E-state index in [4.69, 9.17) is 9.84 Å².